The molecule has 1 saturated heterocycles. The van der Waals surface area contributed by atoms with Crippen LogP contribution in [0.25, 0.3) is 0 Å². The van der Waals surface area contributed by atoms with Gasteiger partial charge < -0.3 is 15.2 Å². The van der Waals surface area contributed by atoms with E-state index in [-0.39, 0.29) is 12.6 Å². The van der Waals surface area contributed by atoms with Crippen molar-refractivity contribution in [3.63, 3.8) is 0 Å². The lowest BCUT2D eigenvalue weighted by Crippen LogP contribution is -2.32. The molecule has 1 heterocycles. The quantitative estimate of drug-likeness (QED) is 0.892. The van der Waals surface area contributed by atoms with Crippen LogP contribution in [0.5, 0.6) is 0 Å². The van der Waals surface area contributed by atoms with Crippen LogP contribution in [0.3, 0.4) is 0 Å². The average molecular weight is 286 g/mol. The number of nitrogens with one attached hydrogen (secondary N) is 1. The topological polar surface area (TPSA) is 41.5 Å². The van der Waals surface area contributed by atoms with Gasteiger partial charge in [0, 0.05) is 22.7 Å². The van der Waals surface area contributed by atoms with Gasteiger partial charge in [0.2, 0.25) is 0 Å². The van der Waals surface area contributed by atoms with Gasteiger partial charge in [0.25, 0.3) is 0 Å². The zero-order valence-electron chi connectivity index (χ0n) is 9.03. The molecule has 88 valence electrons. The molecule has 2 N–H and O–H groups in total. The molecule has 16 heavy (non-hydrogen) atoms. The molecule has 2 unspecified atom stereocenters. The van der Waals surface area contributed by atoms with Crippen LogP contribution in [0.1, 0.15) is 6.42 Å². The number of rotatable bonds is 4. The molecular weight excluding hydrogens is 270 g/mol. The van der Waals surface area contributed by atoms with Crippen molar-refractivity contribution in [3.05, 3.63) is 28.7 Å². The van der Waals surface area contributed by atoms with Gasteiger partial charge in [0.15, 0.2) is 0 Å². The van der Waals surface area contributed by atoms with Crippen molar-refractivity contribution in [2.24, 2.45) is 5.92 Å². The third-order valence-electron chi connectivity index (χ3n) is 2.91. The van der Waals surface area contributed by atoms with Crippen molar-refractivity contribution in [2.45, 2.75) is 12.5 Å². The summed E-state index contributed by atoms with van der Waals surface area (Å²) in [6, 6.07) is 8.06. The number of anilines is 1. The molecule has 0 spiro atoms. The van der Waals surface area contributed by atoms with E-state index in [1.54, 1.807) is 0 Å². The third-order valence-corrected chi connectivity index (χ3v) is 3.40. The third kappa shape index (κ3) is 2.97. The van der Waals surface area contributed by atoms with Gasteiger partial charge in [-0.1, -0.05) is 22.0 Å². The van der Waals surface area contributed by atoms with Gasteiger partial charge in [-0.25, -0.2) is 0 Å². The van der Waals surface area contributed by atoms with Crippen LogP contribution in [0, 0.1) is 5.92 Å². The molecule has 0 saturated carbocycles. The Bertz CT molecular complexity index is 340. The molecule has 1 aliphatic heterocycles. The van der Waals surface area contributed by atoms with E-state index in [0.29, 0.717) is 5.92 Å². The minimum atomic E-state index is 0.0804. The van der Waals surface area contributed by atoms with Gasteiger partial charge in [-0.3, -0.25) is 0 Å². The Hall–Kier alpha value is -0.580. The first kappa shape index (κ1) is 11.9. The Balaban J connectivity index is 2.00. The highest BCUT2D eigenvalue weighted by molar-refractivity contribution is 9.10. The number of ether oxygens (including phenoxy) is 1. The number of benzene rings is 1. The monoisotopic (exact) mass is 285 g/mol. The zero-order valence-corrected chi connectivity index (χ0v) is 10.6. The highest BCUT2D eigenvalue weighted by Gasteiger charge is 2.24. The van der Waals surface area contributed by atoms with E-state index in [2.05, 4.69) is 21.2 Å². The van der Waals surface area contributed by atoms with Gasteiger partial charge in [0.1, 0.15) is 0 Å². The lowest BCUT2D eigenvalue weighted by atomic mass is 9.99. The molecule has 2 atom stereocenters. The summed E-state index contributed by atoms with van der Waals surface area (Å²) >= 11 is 3.43. The first-order valence-electron chi connectivity index (χ1n) is 5.50. The fourth-order valence-electron chi connectivity index (χ4n) is 1.97. The van der Waals surface area contributed by atoms with Crippen LogP contribution >= 0.6 is 15.9 Å². The summed E-state index contributed by atoms with van der Waals surface area (Å²) in [6.07, 6.45) is 1.02. The van der Waals surface area contributed by atoms with E-state index in [1.807, 2.05) is 24.3 Å². The van der Waals surface area contributed by atoms with Gasteiger partial charge in [-0.2, -0.15) is 0 Å². The molecular formula is C12H16BrNO2. The zero-order chi connectivity index (χ0) is 11.4. The summed E-state index contributed by atoms with van der Waals surface area (Å²) in [6.45, 7) is 1.69. The molecule has 3 nitrogen and oxygen atoms in total. The highest BCUT2D eigenvalue weighted by Crippen LogP contribution is 2.22. The Kier molecular flexibility index (Phi) is 4.21. The van der Waals surface area contributed by atoms with E-state index >= 15 is 0 Å². The van der Waals surface area contributed by atoms with E-state index in [0.717, 1.165) is 29.8 Å². The fraction of sp³-hybridized carbons (Fsp3) is 0.500. The van der Waals surface area contributed by atoms with Crippen LogP contribution < -0.4 is 5.32 Å². The fourth-order valence-corrected chi connectivity index (χ4v) is 2.37. The summed E-state index contributed by atoms with van der Waals surface area (Å²) in [5.41, 5.74) is 1.03. The van der Waals surface area contributed by atoms with Gasteiger partial charge in [-0.05, 0) is 24.6 Å². The maximum atomic E-state index is 9.39. The molecule has 2 rings (SSSR count). The number of aliphatic hydroxyl groups excluding tert-OH is 1. The molecule has 1 aromatic carbocycles. The maximum absolute atomic E-state index is 9.39. The second-order valence-electron chi connectivity index (χ2n) is 4.07. The summed E-state index contributed by atoms with van der Waals surface area (Å²) in [5.74, 6) is 0.406. The Morgan fingerprint density at radius 3 is 3.06 bits per heavy atom. The normalized spacial score (nSPS) is 22.0. The molecule has 1 aliphatic rings. The Labute approximate surface area is 104 Å². The summed E-state index contributed by atoms with van der Waals surface area (Å²) in [7, 11) is 0. The molecule has 0 bridgehead atoms. The second kappa shape index (κ2) is 5.66. The summed E-state index contributed by atoms with van der Waals surface area (Å²) in [5, 5.41) is 12.7. The molecule has 0 aliphatic carbocycles. The number of hydrogen-bond acceptors (Lipinski definition) is 3. The number of hydrogen-bond donors (Lipinski definition) is 2. The first-order chi connectivity index (χ1) is 7.79. The minimum absolute atomic E-state index is 0.0804. The smallest absolute Gasteiger partial charge is 0.0636 e. The SMILES string of the molecule is OCC(Nc1cccc(Br)c1)C1CCOC1. The molecule has 0 radical (unpaired) electrons. The van der Waals surface area contributed by atoms with Crippen molar-refractivity contribution >= 4 is 21.6 Å². The van der Waals surface area contributed by atoms with Crippen molar-refractivity contribution in [2.75, 3.05) is 25.1 Å². The van der Waals surface area contributed by atoms with E-state index < -0.39 is 0 Å². The molecule has 4 heteroatoms. The van der Waals surface area contributed by atoms with Crippen LogP contribution in [-0.2, 0) is 4.74 Å². The standard InChI is InChI=1S/C12H16BrNO2/c13-10-2-1-3-11(6-10)14-12(7-15)9-4-5-16-8-9/h1-3,6,9,12,14-15H,4-5,7-8H2. The predicted molar refractivity (Wildman–Crippen MR) is 67.6 cm³/mol. The summed E-state index contributed by atoms with van der Waals surface area (Å²) < 4.78 is 6.38. The lowest BCUT2D eigenvalue weighted by Gasteiger charge is -2.22. The Morgan fingerprint density at radius 2 is 2.44 bits per heavy atom. The van der Waals surface area contributed by atoms with Crippen LogP contribution in [0.4, 0.5) is 5.69 Å². The van der Waals surface area contributed by atoms with Gasteiger partial charge >= 0.3 is 0 Å². The highest BCUT2D eigenvalue weighted by atomic mass is 79.9. The number of halogens is 1. The lowest BCUT2D eigenvalue weighted by molar-refractivity contribution is 0.170. The van der Waals surface area contributed by atoms with Crippen molar-refractivity contribution in [3.8, 4) is 0 Å². The van der Waals surface area contributed by atoms with Crippen LogP contribution in [-0.4, -0.2) is 31.0 Å². The molecule has 0 aromatic heterocycles. The van der Waals surface area contributed by atoms with Crippen molar-refractivity contribution in [1.82, 2.24) is 0 Å². The molecule has 1 aromatic rings. The van der Waals surface area contributed by atoms with E-state index in [4.69, 9.17) is 4.74 Å². The molecule has 0 amide bonds. The van der Waals surface area contributed by atoms with E-state index in [9.17, 15) is 5.11 Å². The maximum Gasteiger partial charge on any atom is 0.0636 e. The number of aliphatic hydroxyl groups is 1. The first-order valence-corrected chi connectivity index (χ1v) is 6.29. The second-order valence-corrected chi connectivity index (χ2v) is 4.98. The van der Waals surface area contributed by atoms with Crippen molar-refractivity contribution in [1.29, 1.82) is 0 Å². The minimum Gasteiger partial charge on any atom is -0.394 e. The van der Waals surface area contributed by atoms with Crippen LogP contribution in [0.15, 0.2) is 28.7 Å². The van der Waals surface area contributed by atoms with Crippen molar-refractivity contribution < 1.29 is 9.84 Å². The molecule has 1 fully saturated rings. The van der Waals surface area contributed by atoms with Gasteiger partial charge in [0.05, 0.1) is 19.3 Å². The largest absolute Gasteiger partial charge is 0.394 e. The average Bonchev–Trinajstić information content (AvgIpc) is 2.79. The Morgan fingerprint density at radius 1 is 1.56 bits per heavy atom. The van der Waals surface area contributed by atoms with Gasteiger partial charge in [-0.15, -0.1) is 0 Å². The van der Waals surface area contributed by atoms with E-state index in [1.165, 1.54) is 0 Å². The predicted octanol–water partition coefficient (Wildman–Crippen LogP) is 2.26. The summed E-state index contributed by atoms with van der Waals surface area (Å²) in [4.78, 5) is 0. The van der Waals surface area contributed by atoms with Crippen LogP contribution in [0.2, 0.25) is 0 Å².